The van der Waals surface area contributed by atoms with Gasteiger partial charge in [0.05, 0.1) is 18.0 Å². The van der Waals surface area contributed by atoms with E-state index in [9.17, 15) is 4.79 Å². The molecule has 0 aliphatic carbocycles. The SMILES string of the molecule is COCc1ccc(N(C)C)cc1N1C(=N)SCC1=O. The number of ether oxygens (including phenoxy) is 1. The standard InChI is InChI=1S/C13H17N3O2S/c1-15(2)10-5-4-9(7-18-3)11(6-10)16-12(17)8-19-13(16)14/h4-6,14H,7-8H2,1-3H3. The number of nitrogens with one attached hydrogen (secondary N) is 1. The number of carbonyl (C=O) groups is 1. The second-order valence-electron chi connectivity index (χ2n) is 4.46. The summed E-state index contributed by atoms with van der Waals surface area (Å²) in [5.74, 6) is 0.278. The fourth-order valence-electron chi connectivity index (χ4n) is 1.93. The Morgan fingerprint density at radius 1 is 1.47 bits per heavy atom. The van der Waals surface area contributed by atoms with Crippen molar-refractivity contribution in [3.63, 3.8) is 0 Å². The van der Waals surface area contributed by atoms with Gasteiger partial charge in [0, 0.05) is 32.5 Å². The number of benzene rings is 1. The lowest BCUT2D eigenvalue weighted by Gasteiger charge is -2.22. The number of amidine groups is 1. The van der Waals surface area contributed by atoms with E-state index in [0.29, 0.717) is 12.4 Å². The second-order valence-corrected chi connectivity index (χ2v) is 5.43. The maximum atomic E-state index is 11.9. The van der Waals surface area contributed by atoms with Crippen LogP contribution in [0.3, 0.4) is 0 Å². The molecule has 19 heavy (non-hydrogen) atoms. The van der Waals surface area contributed by atoms with Gasteiger partial charge in [0.25, 0.3) is 0 Å². The van der Waals surface area contributed by atoms with E-state index in [1.165, 1.54) is 16.7 Å². The summed E-state index contributed by atoms with van der Waals surface area (Å²) < 4.78 is 5.17. The Kier molecular flexibility index (Phi) is 4.11. The van der Waals surface area contributed by atoms with Gasteiger partial charge in [-0.2, -0.15) is 0 Å². The molecule has 1 saturated heterocycles. The summed E-state index contributed by atoms with van der Waals surface area (Å²) >= 11 is 1.25. The van der Waals surface area contributed by atoms with E-state index < -0.39 is 0 Å². The van der Waals surface area contributed by atoms with Gasteiger partial charge in [-0.1, -0.05) is 17.8 Å². The predicted octanol–water partition coefficient (Wildman–Crippen LogP) is 1.91. The molecule has 1 N–H and O–H groups in total. The molecule has 2 rings (SSSR count). The minimum Gasteiger partial charge on any atom is -0.380 e. The highest BCUT2D eigenvalue weighted by Crippen LogP contribution is 2.32. The van der Waals surface area contributed by atoms with Crippen LogP contribution in [0.5, 0.6) is 0 Å². The van der Waals surface area contributed by atoms with Crippen molar-refractivity contribution >= 4 is 34.2 Å². The maximum absolute atomic E-state index is 11.9. The molecule has 6 heteroatoms. The van der Waals surface area contributed by atoms with Crippen molar-refractivity contribution in [2.75, 3.05) is 36.8 Å². The lowest BCUT2D eigenvalue weighted by Crippen LogP contribution is -2.30. The Labute approximate surface area is 117 Å². The Morgan fingerprint density at radius 3 is 2.74 bits per heavy atom. The number of methoxy groups -OCH3 is 1. The van der Waals surface area contributed by atoms with Gasteiger partial charge in [-0.05, 0) is 12.1 Å². The largest absolute Gasteiger partial charge is 0.380 e. The Hall–Kier alpha value is -1.53. The van der Waals surface area contributed by atoms with E-state index in [-0.39, 0.29) is 11.1 Å². The minimum absolute atomic E-state index is 0.0525. The number of amides is 1. The first kappa shape index (κ1) is 13.9. The highest BCUT2D eigenvalue weighted by Gasteiger charge is 2.30. The fraction of sp³-hybridized carbons (Fsp3) is 0.385. The van der Waals surface area contributed by atoms with Crippen LogP contribution in [0.1, 0.15) is 5.56 Å². The quantitative estimate of drug-likeness (QED) is 0.914. The van der Waals surface area contributed by atoms with Gasteiger partial charge < -0.3 is 9.64 Å². The van der Waals surface area contributed by atoms with Gasteiger partial charge in [-0.3, -0.25) is 15.1 Å². The van der Waals surface area contributed by atoms with Crippen molar-refractivity contribution in [2.45, 2.75) is 6.61 Å². The molecule has 0 spiro atoms. The Morgan fingerprint density at radius 2 is 2.21 bits per heavy atom. The molecule has 1 aromatic rings. The van der Waals surface area contributed by atoms with Gasteiger partial charge >= 0.3 is 0 Å². The van der Waals surface area contributed by atoms with E-state index in [1.807, 2.05) is 37.2 Å². The smallest absolute Gasteiger partial charge is 0.243 e. The number of anilines is 2. The molecule has 1 aromatic carbocycles. The van der Waals surface area contributed by atoms with Gasteiger partial charge in [0.1, 0.15) is 0 Å². The Bertz CT molecular complexity index is 501. The molecule has 0 bridgehead atoms. The van der Waals surface area contributed by atoms with Crippen LogP contribution in [-0.2, 0) is 16.1 Å². The topological polar surface area (TPSA) is 56.6 Å². The zero-order chi connectivity index (χ0) is 14.0. The van der Waals surface area contributed by atoms with Gasteiger partial charge in [-0.15, -0.1) is 0 Å². The first-order valence-corrected chi connectivity index (χ1v) is 6.86. The highest BCUT2D eigenvalue weighted by molar-refractivity contribution is 8.15. The van der Waals surface area contributed by atoms with Crippen LogP contribution >= 0.6 is 11.8 Å². The number of hydrogen-bond donors (Lipinski definition) is 1. The predicted molar refractivity (Wildman–Crippen MR) is 79.2 cm³/mol. The molecule has 0 saturated carbocycles. The molecule has 1 aliphatic heterocycles. The maximum Gasteiger partial charge on any atom is 0.243 e. The summed E-state index contributed by atoms with van der Waals surface area (Å²) in [5, 5.41) is 8.17. The van der Waals surface area contributed by atoms with Gasteiger partial charge in [0.15, 0.2) is 5.17 Å². The van der Waals surface area contributed by atoms with Crippen molar-refractivity contribution in [1.29, 1.82) is 5.41 Å². The van der Waals surface area contributed by atoms with E-state index in [2.05, 4.69) is 0 Å². The number of rotatable bonds is 4. The average Bonchev–Trinajstić information content (AvgIpc) is 2.70. The van der Waals surface area contributed by atoms with Crippen molar-refractivity contribution in [1.82, 2.24) is 0 Å². The molecule has 5 nitrogen and oxygen atoms in total. The third-order valence-electron chi connectivity index (χ3n) is 2.91. The van der Waals surface area contributed by atoms with Crippen LogP contribution in [0.4, 0.5) is 11.4 Å². The number of nitrogens with zero attached hydrogens (tertiary/aromatic N) is 2. The van der Waals surface area contributed by atoms with E-state index >= 15 is 0 Å². The lowest BCUT2D eigenvalue weighted by atomic mass is 10.1. The third-order valence-corrected chi connectivity index (χ3v) is 3.76. The van der Waals surface area contributed by atoms with Crippen LogP contribution in [0.25, 0.3) is 0 Å². The molecule has 0 unspecified atom stereocenters. The summed E-state index contributed by atoms with van der Waals surface area (Å²) in [5.41, 5.74) is 2.65. The molecule has 0 atom stereocenters. The molecule has 1 aliphatic rings. The molecule has 0 aromatic heterocycles. The van der Waals surface area contributed by atoms with E-state index in [0.717, 1.165) is 16.9 Å². The summed E-state index contributed by atoms with van der Waals surface area (Å²) in [6, 6.07) is 5.85. The minimum atomic E-state index is -0.0525. The van der Waals surface area contributed by atoms with Gasteiger partial charge in [0.2, 0.25) is 5.91 Å². The molecular weight excluding hydrogens is 262 g/mol. The molecule has 1 heterocycles. The first-order chi connectivity index (χ1) is 9.04. The normalized spacial score (nSPS) is 15.2. The Balaban J connectivity index is 2.48. The van der Waals surface area contributed by atoms with Crippen LogP contribution in [0, 0.1) is 5.41 Å². The summed E-state index contributed by atoms with van der Waals surface area (Å²) in [4.78, 5) is 15.4. The van der Waals surface area contributed by atoms with Crippen molar-refractivity contribution in [3.05, 3.63) is 23.8 Å². The molecule has 1 amide bonds. The molecule has 1 fully saturated rings. The zero-order valence-corrected chi connectivity index (χ0v) is 12.1. The van der Waals surface area contributed by atoms with E-state index in [4.69, 9.17) is 10.1 Å². The van der Waals surface area contributed by atoms with Crippen molar-refractivity contribution in [2.24, 2.45) is 0 Å². The third kappa shape index (κ3) is 2.74. The fourth-order valence-corrected chi connectivity index (χ4v) is 2.65. The summed E-state index contributed by atoms with van der Waals surface area (Å²) in [6.45, 7) is 0.421. The average molecular weight is 279 g/mol. The van der Waals surface area contributed by atoms with Crippen molar-refractivity contribution < 1.29 is 9.53 Å². The van der Waals surface area contributed by atoms with Gasteiger partial charge in [-0.25, -0.2) is 0 Å². The highest BCUT2D eigenvalue weighted by atomic mass is 32.2. The van der Waals surface area contributed by atoms with Crippen LogP contribution in [0.2, 0.25) is 0 Å². The summed E-state index contributed by atoms with van der Waals surface area (Å²) in [6.07, 6.45) is 0. The lowest BCUT2D eigenvalue weighted by molar-refractivity contribution is -0.115. The monoisotopic (exact) mass is 279 g/mol. The molecule has 0 radical (unpaired) electrons. The molecule has 102 valence electrons. The number of thioether (sulfide) groups is 1. The zero-order valence-electron chi connectivity index (χ0n) is 11.3. The molecular formula is C13H17N3O2S. The second kappa shape index (κ2) is 5.63. The number of carbonyl (C=O) groups excluding carboxylic acids is 1. The van der Waals surface area contributed by atoms with Crippen LogP contribution < -0.4 is 9.80 Å². The number of hydrogen-bond acceptors (Lipinski definition) is 5. The first-order valence-electron chi connectivity index (χ1n) is 5.88. The van der Waals surface area contributed by atoms with Crippen LogP contribution in [-0.4, -0.2) is 38.0 Å². The van der Waals surface area contributed by atoms with Crippen molar-refractivity contribution in [3.8, 4) is 0 Å². The van der Waals surface area contributed by atoms with E-state index in [1.54, 1.807) is 7.11 Å². The summed E-state index contributed by atoms with van der Waals surface area (Å²) in [7, 11) is 5.51. The van der Waals surface area contributed by atoms with Crippen LogP contribution in [0.15, 0.2) is 18.2 Å².